The first-order valence-electron chi connectivity index (χ1n) is 8.47. The first-order chi connectivity index (χ1) is 13.9. The lowest BCUT2D eigenvalue weighted by Crippen LogP contribution is -2.00. The Morgan fingerprint density at radius 2 is 1.21 bits per heavy atom. The van der Waals surface area contributed by atoms with Crippen molar-refractivity contribution >= 4 is 11.4 Å². The van der Waals surface area contributed by atoms with E-state index in [1.807, 2.05) is 0 Å². The fraction of sp³-hybridized carbons (Fsp3) is 0.100. The number of ether oxygens (including phenoxy) is 2. The van der Waals surface area contributed by atoms with E-state index in [1.54, 1.807) is 12.1 Å². The molecule has 0 aromatic heterocycles. The number of benzene rings is 3. The fourth-order valence-corrected chi connectivity index (χ4v) is 2.50. The second-order valence-electron chi connectivity index (χ2n) is 6.04. The van der Waals surface area contributed by atoms with Crippen LogP contribution in [0.4, 0.5) is 11.4 Å². The van der Waals surface area contributed by atoms with Gasteiger partial charge in [0.15, 0.2) is 0 Å². The molecule has 0 amide bonds. The summed E-state index contributed by atoms with van der Waals surface area (Å²) < 4.78 is 11.2. The molecule has 0 atom stereocenters. The zero-order chi connectivity index (χ0) is 20.8. The van der Waals surface area contributed by atoms with Gasteiger partial charge >= 0.3 is 0 Å². The first-order valence-corrected chi connectivity index (χ1v) is 8.47. The zero-order valence-corrected chi connectivity index (χ0v) is 15.1. The van der Waals surface area contributed by atoms with Crippen molar-refractivity contribution in [3.8, 4) is 17.2 Å². The van der Waals surface area contributed by atoms with Crippen molar-refractivity contribution < 1.29 is 24.4 Å². The van der Waals surface area contributed by atoms with Crippen molar-refractivity contribution in [2.75, 3.05) is 0 Å². The Morgan fingerprint density at radius 1 is 0.724 bits per heavy atom. The third kappa shape index (κ3) is 5.19. The molecule has 0 saturated carbocycles. The summed E-state index contributed by atoms with van der Waals surface area (Å²) in [6, 6.07) is 16.3. The summed E-state index contributed by atoms with van der Waals surface area (Å²) in [5.41, 5.74) is 1.23. The van der Waals surface area contributed by atoms with E-state index >= 15 is 0 Å². The summed E-state index contributed by atoms with van der Waals surface area (Å²) in [6.45, 7) is 0.262. The van der Waals surface area contributed by atoms with Crippen molar-refractivity contribution in [1.29, 1.82) is 0 Å². The number of nitrogens with zero attached hydrogens (tertiary/aromatic N) is 2. The van der Waals surface area contributed by atoms with E-state index in [1.165, 1.54) is 54.6 Å². The molecule has 0 radical (unpaired) electrons. The van der Waals surface area contributed by atoms with E-state index in [0.29, 0.717) is 17.1 Å². The van der Waals surface area contributed by atoms with Crippen LogP contribution in [-0.4, -0.2) is 15.0 Å². The summed E-state index contributed by atoms with van der Waals surface area (Å²) in [4.78, 5) is 20.4. The minimum Gasteiger partial charge on any atom is -0.508 e. The van der Waals surface area contributed by atoms with Crippen molar-refractivity contribution in [1.82, 2.24) is 0 Å². The lowest BCUT2D eigenvalue weighted by molar-refractivity contribution is -0.385. The molecule has 0 aliphatic heterocycles. The van der Waals surface area contributed by atoms with Gasteiger partial charge in [-0.15, -0.1) is 0 Å². The van der Waals surface area contributed by atoms with Gasteiger partial charge in [-0.3, -0.25) is 20.2 Å². The van der Waals surface area contributed by atoms with Gasteiger partial charge in [0.25, 0.3) is 11.4 Å². The van der Waals surface area contributed by atoms with Crippen molar-refractivity contribution in [2.45, 2.75) is 13.2 Å². The van der Waals surface area contributed by atoms with Crippen LogP contribution in [0.15, 0.2) is 66.7 Å². The predicted molar refractivity (Wildman–Crippen MR) is 103 cm³/mol. The van der Waals surface area contributed by atoms with Gasteiger partial charge in [-0.2, -0.15) is 0 Å². The molecule has 3 aromatic rings. The molecule has 9 heteroatoms. The van der Waals surface area contributed by atoms with E-state index in [9.17, 15) is 25.3 Å². The number of nitro benzene ring substituents is 2. The highest BCUT2D eigenvalue weighted by Gasteiger charge is 2.08. The normalized spacial score (nSPS) is 10.3. The molecule has 0 heterocycles. The minimum absolute atomic E-state index is 0.0207. The van der Waals surface area contributed by atoms with Crippen LogP contribution in [0.2, 0.25) is 0 Å². The summed E-state index contributed by atoms with van der Waals surface area (Å²) in [5.74, 6) is 0.959. The van der Waals surface area contributed by atoms with Gasteiger partial charge in [-0.1, -0.05) is 6.07 Å². The van der Waals surface area contributed by atoms with E-state index in [2.05, 4.69) is 0 Å². The zero-order valence-electron chi connectivity index (χ0n) is 15.1. The highest BCUT2D eigenvalue weighted by Crippen LogP contribution is 2.24. The van der Waals surface area contributed by atoms with Gasteiger partial charge in [-0.25, -0.2) is 0 Å². The van der Waals surface area contributed by atoms with Gasteiger partial charge in [0.05, 0.1) is 9.85 Å². The van der Waals surface area contributed by atoms with Crippen molar-refractivity contribution in [2.24, 2.45) is 0 Å². The molecule has 0 bridgehead atoms. The molecule has 1 N–H and O–H groups in total. The lowest BCUT2D eigenvalue weighted by Gasteiger charge is -2.11. The van der Waals surface area contributed by atoms with Gasteiger partial charge < -0.3 is 14.6 Å². The highest BCUT2D eigenvalue weighted by atomic mass is 16.6. The number of rotatable bonds is 8. The molecule has 0 fully saturated rings. The molecule has 0 spiro atoms. The van der Waals surface area contributed by atoms with E-state index in [-0.39, 0.29) is 30.3 Å². The molecule has 0 aliphatic rings. The smallest absolute Gasteiger partial charge is 0.269 e. The molecule has 0 unspecified atom stereocenters. The van der Waals surface area contributed by atoms with E-state index in [4.69, 9.17) is 9.47 Å². The number of phenolic OH excluding ortho intramolecular Hbond substituents is 1. The number of aromatic hydroxyl groups is 1. The summed E-state index contributed by atoms with van der Waals surface area (Å²) in [6.07, 6.45) is 0. The van der Waals surface area contributed by atoms with Gasteiger partial charge in [0.2, 0.25) is 0 Å². The van der Waals surface area contributed by atoms with Crippen LogP contribution in [0.25, 0.3) is 0 Å². The van der Waals surface area contributed by atoms with Crippen LogP contribution in [0.5, 0.6) is 17.2 Å². The molecular formula is C20H16N2O7. The second-order valence-corrected chi connectivity index (χ2v) is 6.04. The summed E-state index contributed by atoms with van der Waals surface area (Å²) in [5, 5.41) is 31.4. The Hall–Kier alpha value is -4.14. The molecule has 29 heavy (non-hydrogen) atoms. The van der Waals surface area contributed by atoms with Crippen molar-refractivity contribution in [3.05, 3.63) is 98.1 Å². The maximum absolute atomic E-state index is 10.7. The molecule has 148 valence electrons. The van der Waals surface area contributed by atoms with Crippen LogP contribution >= 0.6 is 0 Å². The van der Waals surface area contributed by atoms with Crippen LogP contribution < -0.4 is 9.47 Å². The summed E-state index contributed by atoms with van der Waals surface area (Å²) >= 11 is 0. The second kappa shape index (κ2) is 8.70. The lowest BCUT2D eigenvalue weighted by atomic mass is 10.1. The average molecular weight is 396 g/mol. The van der Waals surface area contributed by atoms with Crippen LogP contribution in [0.1, 0.15) is 11.1 Å². The third-order valence-electron chi connectivity index (χ3n) is 4.04. The maximum Gasteiger partial charge on any atom is 0.269 e. The van der Waals surface area contributed by atoms with Crippen LogP contribution in [-0.2, 0) is 13.2 Å². The Morgan fingerprint density at radius 3 is 1.69 bits per heavy atom. The number of non-ortho nitro benzene ring substituents is 2. The average Bonchev–Trinajstić information content (AvgIpc) is 2.72. The first kappa shape index (κ1) is 19.6. The van der Waals surface area contributed by atoms with Crippen LogP contribution in [0, 0.1) is 20.2 Å². The molecule has 3 aromatic carbocycles. The Kier molecular flexibility index (Phi) is 5.88. The fourth-order valence-electron chi connectivity index (χ4n) is 2.50. The van der Waals surface area contributed by atoms with Gasteiger partial charge in [-0.05, 0) is 42.0 Å². The quantitative estimate of drug-likeness (QED) is 0.443. The maximum atomic E-state index is 10.7. The van der Waals surface area contributed by atoms with Gasteiger partial charge in [0, 0.05) is 29.8 Å². The Labute approximate surface area is 165 Å². The monoisotopic (exact) mass is 396 g/mol. The number of nitro groups is 2. The molecule has 0 saturated heterocycles. The molecule has 9 nitrogen and oxygen atoms in total. The molecule has 0 aliphatic carbocycles. The predicted octanol–water partition coefficient (Wildman–Crippen LogP) is 4.37. The van der Waals surface area contributed by atoms with E-state index in [0.717, 1.165) is 5.56 Å². The molecule has 3 rings (SSSR count). The number of hydrogen-bond donors (Lipinski definition) is 1. The minimum atomic E-state index is -0.496. The van der Waals surface area contributed by atoms with Crippen LogP contribution in [0.3, 0.4) is 0 Å². The highest BCUT2D eigenvalue weighted by molar-refractivity contribution is 5.39. The van der Waals surface area contributed by atoms with Gasteiger partial charge in [0.1, 0.15) is 30.5 Å². The third-order valence-corrected chi connectivity index (χ3v) is 4.04. The Bertz CT molecular complexity index is 1020. The SMILES string of the molecule is O=[N+]([O-])c1ccc(OCc2ccc(O)c(COc3ccc([N+](=O)[O-])cc3)c2)cc1. The Balaban J connectivity index is 1.61. The number of hydrogen-bond acceptors (Lipinski definition) is 7. The summed E-state index contributed by atoms with van der Waals surface area (Å²) in [7, 11) is 0. The topological polar surface area (TPSA) is 125 Å². The van der Waals surface area contributed by atoms with Crippen molar-refractivity contribution in [3.63, 3.8) is 0 Å². The number of phenols is 1. The van der Waals surface area contributed by atoms with E-state index < -0.39 is 9.85 Å². The molecular weight excluding hydrogens is 380 g/mol. The standard InChI is InChI=1S/C20H16N2O7/c23-20-10-1-14(12-28-18-6-2-16(3-7-18)21(24)25)11-15(20)13-29-19-8-4-17(5-9-19)22(26)27/h1-11,23H,12-13H2. The largest absolute Gasteiger partial charge is 0.508 e.